The Labute approximate surface area is 168 Å². The molecule has 0 bridgehead atoms. The standard InChI is InChI=1S/C16H29N5O6S/c1-4-7(2)12(15(25)20-10(16(26)27)5-11(18)22)21-13(23)8(3)19-14(24)9(17)6-28/h7-10,12,28H,4-6,17H2,1-3H3,(H2,18,22)(H,19,24)(H,20,25)(H,21,23)(H,26,27). The molecule has 8 N–H and O–H groups in total. The topological polar surface area (TPSA) is 194 Å². The van der Waals surface area contributed by atoms with Crippen molar-refractivity contribution in [3.63, 3.8) is 0 Å². The van der Waals surface area contributed by atoms with Crippen molar-refractivity contribution in [1.29, 1.82) is 0 Å². The molecule has 0 rings (SSSR count). The van der Waals surface area contributed by atoms with Crippen LogP contribution in [0.15, 0.2) is 0 Å². The molecule has 160 valence electrons. The van der Waals surface area contributed by atoms with Gasteiger partial charge in [0, 0.05) is 5.75 Å². The van der Waals surface area contributed by atoms with E-state index in [2.05, 4.69) is 28.6 Å². The van der Waals surface area contributed by atoms with E-state index in [-0.39, 0.29) is 11.7 Å². The first-order valence-corrected chi connectivity index (χ1v) is 9.36. The molecular formula is C16H29N5O6S. The van der Waals surface area contributed by atoms with Crippen LogP contribution in [0, 0.1) is 5.92 Å². The third-order valence-electron chi connectivity index (χ3n) is 4.10. The van der Waals surface area contributed by atoms with E-state index in [1.807, 2.05) is 0 Å². The summed E-state index contributed by atoms with van der Waals surface area (Å²) in [5.74, 6) is -4.58. The third kappa shape index (κ3) is 8.57. The number of carboxylic acid groups (broad SMARTS) is 1. The summed E-state index contributed by atoms with van der Waals surface area (Å²) in [5.41, 5.74) is 10.5. The fourth-order valence-electron chi connectivity index (χ4n) is 2.11. The maximum atomic E-state index is 12.5. The van der Waals surface area contributed by atoms with Gasteiger partial charge in [0.2, 0.25) is 23.6 Å². The quantitative estimate of drug-likeness (QED) is 0.173. The molecule has 12 heteroatoms. The lowest BCUT2D eigenvalue weighted by Gasteiger charge is -2.27. The zero-order chi connectivity index (χ0) is 22.0. The van der Waals surface area contributed by atoms with E-state index in [4.69, 9.17) is 16.6 Å². The van der Waals surface area contributed by atoms with Crippen molar-refractivity contribution >= 4 is 42.2 Å². The summed E-state index contributed by atoms with van der Waals surface area (Å²) in [5, 5.41) is 16.2. The Morgan fingerprint density at radius 3 is 2.00 bits per heavy atom. The van der Waals surface area contributed by atoms with Gasteiger partial charge in [-0.3, -0.25) is 19.2 Å². The zero-order valence-corrected chi connectivity index (χ0v) is 17.0. The van der Waals surface area contributed by atoms with Crippen LogP contribution >= 0.6 is 12.6 Å². The molecule has 5 atom stereocenters. The molecule has 5 unspecified atom stereocenters. The summed E-state index contributed by atoms with van der Waals surface area (Å²) in [6.07, 6.45) is -0.0898. The van der Waals surface area contributed by atoms with Gasteiger partial charge in [0.05, 0.1) is 12.5 Å². The molecule has 0 aliphatic heterocycles. The molecule has 0 saturated heterocycles. The SMILES string of the molecule is CCC(C)C(NC(=O)C(C)NC(=O)C(N)CS)C(=O)NC(CC(N)=O)C(=O)O. The fraction of sp³-hybridized carbons (Fsp3) is 0.688. The summed E-state index contributed by atoms with van der Waals surface area (Å²) in [4.78, 5) is 58.8. The Balaban J connectivity index is 5.18. The molecule has 0 aromatic carbocycles. The van der Waals surface area contributed by atoms with Crippen LogP contribution in [-0.4, -0.2) is 64.6 Å². The highest BCUT2D eigenvalue weighted by molar-refractivity contribution is 7.80. The van der Waals surface area contributed by atoms with Gasteiger partial charge in [-0.05, 0) is 12.8 Å². The summed E-state index contributed by atoms with van der Waals surface area (Å²) < 4.78 is 0. The van der Waals surface area contributed by atoms with Gasteiger partial charge in [0.25, 0.3) is 0 Å². The van der Waals surface area contributed by atoms with Gasteiger partial charge in [0.15, 0.2) is 0 Å². The molecule has 0 spiro atoms. The predicted octanol–water partition coefficient (Wildman–Crippen LogP) is -2.28. The molecule has 0 aromatic rings. The first-order valence-electron chi connectivity index (χ1n) is 8.73. The third-order valence-corrected chi connectivity index (χ3v) is 4.49. The van der Waals surface area contributed by atoms with Crippen LogP contribution in [0.4, 0.5) is 0 Å². The maximum Gasteiger partial charge on any atom is 0.326 e. The van der Waals surface area contributed by atoms with Gasteiger partial charge in [-0.2, -0.15) is 12.6 Å². The van der Waals surface area contributed by atoms with Crippen LogP contribution in [0.3, 0.4) is 0 Å². The lowest BCUT2D eigenvalue weighted by atomic mass is 9.97. The molecule has 0 aliphatic carbocycles. The molecule has 0 aliphatic rings. The van der Waals surface area contributed by atoms with Gasteiger partial charge in [-0.1, -0.05) is 20.3 Å². The highest BCUT2D eigenvalue weighted by atomic mass is 32.1. The molecular weight excluding hydrogens is 390 g/mol. The van der Waals surface area contributed by atoms with Gasteiger partial charge >= 0.3 is 5.97 Å². The molecule has 28 heavy (non-hydrogen) atoms. The molecule has 4 amide bonds. The maximum absolute atomic E-state index is 12.5. The number of primary amides is 1. The molecule has 0 aromatic heterocycles. The van der Waals surface area contributed by atoms with Crippen molar-refractivity contribution in [2.24, 2.45) is 17.4 Å². The predicted molar refractivity (Wildman–Crippen MR) is 104 cm³/mol. The number of amides is 4. The van der Waals surface area contributed by atoms with Gasteiger partial charge in [-0.25, -0.2) is 4.79 Å². The summed E-state index contributed by atoms with van der Waals surface area (Å²) in [7, 11) is 0. The number of thiol groups is 1. The zero-order valence-electron chi connectivity index (χ0n) is 16.1. The van der Waals surface area contributed by atoms with Crippen molar-refractivity contribution in [3.05, 3.63) is 0 Å². The number of nitrogens with one attached hydrogen (secondary N) is 3. The van der Waals surface area contributed by atoms with Crippen LogP contribution in [0.1, 0.15) is 33.6 Å². The Kier molecular flexibility index (Phi) is 11.2. The molecule has 0 saturated carbocycles. The molecule has 11 nitrogen and oxygen atoms in total. The van der Waals surface area contributed by atoms with Gasteiger partial charge in [0.1, 0.15) is 18.1 Å². The lowest BCUT2D eigenvalue weighted by molar-refractivity contribution is -0.144. The van der Waals surface area contributed by atoms with Crippen molar-refractivity contribution in [2.45, 2.75) is 57.8 Å². The minimum Gasteiger partial charge on any atom is -0.480 e. The smallest absolute Gasteiger partial charge is 0.326 e. The first-order chi connectivity index (χ1) is 12.9. The van der Waals surface area contributed by atoms with Crippen molar-refractivity contribution in [2.75, 3.05) is 5.75 Å². The van der Waals surface area contributed by atoms with Crippen LogP contribution in [0.2, 0.25) is 0 Å². The number of rotatable bonds is 12. The average Bonchev–Trinajstić information content (AvgIpc) is 2.62. The lowest BCUT2D eigenvalue weighted by Crippen LogP contribution is -2.58. The Morgan fingerprint density at radius 2 is 1.57 bits per heavy atom. The molecule has 0 radical (unpaired) electrons. The second-order valence-electron chi connectivity index (χ2n) is 6.46. The van der Waals surface area contributed by atoms with E-state index < -0.39 is 60.2 Å². The molecule has 0 fully saturated rings. The van der Waals surface area contributed by atoms with E-state index in [1.165, 1.54) is 6.92 Å². The summed E-state index contributed by atoms with van der Waals surface area (Å²) >= 11 is 3.90. The number of hydrogen-bond acceptors (Lipinski definition) is 7. The normalized spacial score (nSPS) is 16.0. The number of aliphatic carboxylic acids is 1. The van der Waals surface area contributed by atoms with Crippen molar-refractivity contribution < 1.29 is 29.1 Å². The number of carbonyl (C=O) groups excluding carboxylic acids is 4. The van der Waals surface area contributed by atoms with E-state index in [9.17, 15) is 24.0 Å². The number of nitrogens with two attached hydrogens (primary N) is 2. The Hall–Kier alpha value is -2.34. The second kappa shape index (κ2) is 12.2. The van der Waals surface area contributed by atoms with E-state index in [0.29, 0.717) is 6.42 Å². The largest absolute Gasteiger partial charge is 0.480 e. The summed E-state index contributed by atoms with van der Waals surface area (Å²) in [6.45, 7) is 4.89. The fourth-order valence-corrected chi connectivity index (χ4v) is 2.28. The minimum atomic E-state index is -1.51. The second-order valence-corrected chi connectivity index (χ2v) is 6.83. The van der Waals surface area contributed by atoms with E-state index >= 15 is 0 Å². The highest BCUT2D eigenvalue weighted by Crippen LogP contribution is 2.09. The van der Waals surface area contributed by atoms with Crippen molar-refractivity contribution in [1.82, 2.24) is 16.0 Å². The van der Waals surface area contributed by atoms with E-state index in [1.54, 1.807) is 13.8 Å². The van der Waals surface area contributed by atoms with Crippen LogP contribution in [0.5, 0.6) is 0 Å². The van der Waals surface area contributed by atoms with Crippen molar-refractivity contribution in [3.8, 4) is 0 Å². The monoisotopic (exact) mass is 419 g/mol. The number of hydrogen-bond donors (Lipinski definition) is 7. The minimum absolute atomic E-state index is 0.0918. The Bertz CT molecular complexity index is 602. The average molecular weight is 420 g/mol. The highest BCUT2D eigenvalue weighted by Gasteiger charge is 2.32. The van der Waals surface area contributed by atoms with Crippen LogP contribution < -0.4 is 27.4 Å². The van der Waals surface area contributed by atoms with Crippen LogP contribution in [-0.2, 0) is 24.0 Å². The van der Waals surface area contributed by atoms with E-state index in [0.717, 1.165) is 0 Å². The first kappa shape index (κ1) is 25.7. The number of carboxylic acids is 1. The van der Waals surface area contributed by atoms with Crippen LogP contribution in [0.25, 0.3) is 0 Å². The van der Waals surface area contributed by atoms with Gasteiger partial charge < -0.3 is 32.5 Å². The summed E-state index contributed by atoms with van der Waals surface area (Å²) in [6, 6.07) is -4.47. The van der Waals surface area contributed by atoms with Gasteiger partial charge in [-0.15, -0.1) is 0 Å². The Morgan fingerprint density at radius 1 is 1.00 bits per heavy atom. The molecule has 0 heterocycles. The number of carbonyl (C=O) groups is 5.